The monoisotopic (exact) mass is 504 g/mol. The Hall–Kier alpha value is -3.76. The van der Waals surface area contributed by atoms with Crippen molar-refractivity contribution in [2.75, 3.05) is 13.6 Å². The number of benzene rings is 2. The quantitative estimate of drug-likeness (QED) is 0.235. The fraction of sp³-hybridized carbons (Fsp3) is 0.294. The summed E-state index contributed by atoms with van der Waals surface area (Å²) in [5.41, 5.74) is 9.74. The van der Waals surface area contributed by atoms with Crippen LogP contribution in [0.4, 0.5) is 0 Å². The molecule has 1 unspecified atom stereocenters. The van der Waals surface area contributed by atoms with Crippen LogP contribution in [0.1, 0.15) is 67.6 Å². The predicted molar refractivity (Wildman–Crippen MR) is 163 cm³/mol. The summed E-state index contributed by atoms with van der Waals surface area (Å²) in [5, 5.41) is 9.16. The molecule has 0 saturated heterocycles. The normalized spacial score (nSPS) is 13.0. The van der Waals surface area contributed by atoms with E-state index in [4.69, 9.17) is 5.10 Å². The Morgan fingerprint density at radius 2 is 1.95 bits per heavy atom. The van der Waals surface area contributed by atoms with Crippen molar-refractivity contribution in [2.45, 2.75) is 46.1 Å². The largest absolute Gasteiger partial charge is 0.319 e. The highest BCUT2D eigenvalue weighted by Crippen LogP contribution is 2.33. The summed E-state index contributed by atoms with van der Waals surface area (Å²) in [5.74, 6) is 0.550. The number of nitrogens with zero attached hydrogens (tertiary/aromatic N) is 3. The van der Waals surface area contributed by atoms with Crippen molar-refractivity contribution in [1.82, 2.24) is 20.1 Å². The van der Waals surface area contributed by atoms with Gasteiger partial charge in [-0.05, 0) is 97.8 Å². The van der Waals surface area contributed by atoms with Gasteiger partial charge in [0.15, 0.2) is 0 Å². The van der Waals surface area contributed by atoms with Gasteiger partial charge in [0, 0.05) is 17.8 Å². The van der Waals surface area contributed by atoms with E-state index in [0.717, 1.165) is 37.0 Å². The van der Waals surface area contributed by atoms with Crippen LogP contribution in [0.3, 0.4) is 0 Å². The van der Waals surface area contributed by atoms with Crippen LogP contribution in [0, 0.1) is 5.92 Å². The fourth-order valence-electron chi connectivity index (χ4n) is 4.79. The molecular weight excluding hydrogens is 464 g/mol. The van der Waals surface area contributed by atoms with E-state index < -0.39 is 0 Å². The Kier molecular flexibility index (Phi) is 9.09. The Bertz CT molecular complexity index is 1420. The summed E-state index contributed by atoms with van der Waals surface area (Å²) in [6, 6.07) is 19.6. The highest BCUT2D eigenvalue weighted by atomic mass is 15.3. The molecule has 1 N–H and O–H groups in total. The van der Waals surface area contributed by atoms with Gasteiger partial charge in [0.2, 0.25) is 0 Å². The number of nitrogens with one attached hydrogen (secondary N) is 1. The lowest BCUT2D eigenvalue weighted by molar-refractivity contribution is 0.423. The van der Waals surface area contributed by atoms with Gasteiger partial charge >= 0.3 is 0 Å². The maximum atomic E-state index is 4.94. The molecule has 4 nitrogen and oxygen atoms in total. The average Bonchev–Trinajstić information content (AvgIpc) is 3.54. The molecule has 38 heavy (non-hydrogen) atoms. The molecule has 0 radical (unpaired) electrons. The Morgan fingerprint density at radius 3 is 2.58 bits per heavy atom. The summed E-state index contributed by atoms with van der Waals surface area (Å²) in [7, 11) is 1.95. The zero-order valence-electron chi connectivity index (χ0n) is 23.2. The molecule has 0 amide bonds. The van der Waals surface area contributed by atoms with Crippen molar-refractivity contribution in [2.24, 2.45) is 5.92 Å². The second-order valence-electron chi connectivity index (χ2n) is 10.6. The Labute approximate surface area is 227 Å². The molecule has 2 aromatic carbocycles. The van der Waals surface area contributed by atoms with Gasteiger partial charge in [0.1, 0.15) is 0 Å². The lowest BCUT2D eigenvalue weighted by Crippen LogP contribution is -2.14. The third-order valence-electron chi connectivity index (χ3n) is 6.88. The minimum absolute atomic E-state index is 0.164. The van der Waals surface area contributed by atoms with Crippen LogP contribution in [0.5, 0.6) is 0 Å². The van der Waals surface area contributed by atoms with E-state index in [1.807, 2.05) is 26.2 Å². The van der Waals surface area contributed by atoms with E-state index in [0.29, 0.717) is 5.92 Å². The first-order valence-electron chi connectivity index (χ1n) is 13.5. The molecule has 4 heteroatoms. The van der Waals surface area contributed by atoms with Crippen LogP contribution >= 0.6 is 0 Å². The van der Waals surface area contributed by atoms with Crippen molar-refractivity contribution in [3.05, 3.63) is 114 Å². The number of hydrogen-bond acceptors (Lipinski definition) is 3. The van der Waals surface area contributed by atoms with E-state index in [1.54, 1.807) is 6.08 Å². The van der Waals surface area contributed by atoms with Gasteiger partial charge in [-0.3, -0.25) is 9.67 Å². The standard InChI is InChI=1S/C28H27N3.C6H13N/c1-4-26-11-9-23(17-29-26)28(13-19(2)3)31-18-25-16-22(10-12-27(25)30-31)24-14-20-7-5-6-8-21(20)15-24;1-6(2)4-5-7-3/h4-12,14,16-19,28H,1,13,15H2,2-3H3;7H,1,4-5H2,2-3H3. The van der Waals surface area contributed by atoms with Crippen molar-refractivity contribution >= 4 is 28.6 Å². The molecular formula is C34H40N4. The van der Waals surface area contributed by atoms with E-state index >= 15 is 0 Å². The molecule has 4 aromatic rings. The van der Waals surface area contributed by atoms with Crippen LogP contribution < -0.4 is 5.32 Å². The van der Waals surface area contributed by atoms with Crippen LogP contribution in [0.15, 0.2) is 85.7 Å². The van der Waals surface area contributed by atoms with Crippen molar-refractivity contribution in [1.29, 1.82) is 0 Å². The number of rotatable bonds is 9. The molecule has 2 heterocycles. The van der Waals surface area contributed by atoms with Crippen LogP contribution in [-0.4, -0.2) is 28.4 Å². The molecule has 196 valence electrons. The van der Waals surface area contributed by atoms with E-state index in [1.165, 1.54) is 38.8 Å². The lowest BCUT2D eigenvalue weighted by atomic mass is 9.98. The number of fused-ring (bicyclic) bond motifs is 2. The van der Waals surface area contributed by atoms with Gasteiger partial charge in [-0.25, -0.2) is 0 Å². The fourth-order valence-corrected chi connectivity index (χ4v) is 4.79. The second kappa shape index (κ2) is 12.7. The summed E-state index contributed by atoms with van der Waals surface area (Å²) in [6.45, 7) is 15.2. The van der Waals surface area contributed by atoms with Gasteiger partial charge in [-0.15, -0.1) is 6.58 Å². The summed E-state index contributed by atoms with van der Waals surface area (Å²) < 4.78 is 2.12. The minimum Gasteiger partial charge on any atom is -0.319 e. The van der Waals surface area contributed by atoms with Crippen molar-refractivity contribution in [3.63, 3.8) is 0 Å². The highest BCUT2D eigenvalue weighted by Gasteiger charge is 2.19. The topological polar surface area (TPSA) is 42.7 Å². The summed E-state index contributed by atoms with van der Waals surface area (Å²) in [4.78, 5) is 4.52. The smallest absolute Gasteiger partial charge is 0.0923 e. The minimum atomic E-state index is 0.164. The Balaban J connectivity index is 0.000000426. The van der Waals surface area contributed by atoms with Gasteiger partial charge in [0.05, 0.1) is 17.3 Å². The molecule has 1 aliphatic rings. The molecule has 0 aliphatic heterocycles. The van der Waals surface area contributed by atoms with Gasteiger partial charge in [-0.1, -0.05) is 68.5 Å². The second-order valence-corrected chi connectivity index (χ2v) is 10.6. The Morgan fingerprint density at radius 1 is 1.13 bits per heavy atom. The highest BCUT2D eigenvalue weighted by molar-refractivity contribution is 5.92. The zero-order chi connectivity index (χ0) is 27.1. The SMILES string of the molecule is C=C(C)CCNC.C=Cc1ccc(C(CC(C)C)n2cc3cc(C4=Cc5ccccc5C4)ccc3n2)cn1. The molecule has 1 atom stereocenters. The zero-order valence-corrected chi connectivity index (χ0v) is 23.2. The molecule has 0 saturated carbocycles. The van der Waals surface area contributed by atoms with E-state index in [-0.39, 0.29) is 6.04 Å². The average molecular weight is 505 g/mol. The third kappa shape index (κ3) is 6.76. The number of hydrogen-bond donors (Lipinski definition) is 1. The predicted octanol–water partition coefficient (Wildman–Crippen LogP) is 7.98. The van der Waals surface area contributed by atoms with Gasteiger partial charge in [0.25, 0.3) is 0 Å². The number of aromatic nitrogens is 3. The van der Waals surface area contributed by atoms with Crippen LogP contribution in [0.25, 0.3) is 28.6 Å². The van der Waals surface area contributed by atoms with Crippen LogP contribution in [0.2, 0.25) is 0 Å². The molecule has 2 aromatic heterocycles. The summed E-state index contributed by atoms with van der Waals surface area (Å²) in [6.07, 6.45) is 11.3. The van der Waals surface area contributed by atoms with Crippen LogP contribution in [-0.2, 0) is 6.42 Å². The molecule has 0 bridgehead atoms. The van der Waals surface area contributed by atoms with Crippen molar-refractivity contribution < 1.29 is 0 Å². The van der Waals surface area contributed by atoms with Gasteiger partial charge < -0.3 is 5.32 Å². The third-order valence-corrected chi connectivity index (χ3v) is 6.88. The number of allylic oxidation sites excluding steroid dienone is 1. The maximum Gasteiger partial charge on any atom is 0.0923 e. The number of pyridine rings is 1. The first-order chi connectivity index (χ1) is 18.4. The van der Waals surface area contributed by atoms with Crippen molar-refractivity contribution in [3.8, 4) is 0 Å². The lowest BCUT2D eigenvalue weighted by Gasteiger charge is -2.20. The molecule has 0 fully saturated rings. The molecule has 5 rings (SSSR count). The molecule has 0 spiro atoms. The molecule has 1 aliphatic carbocycles. The first kappa shape index (κ1) is 27.3. The summed E-state index contributed by atoms with van der Waals surface area (Å²) >= 11 is 0. The van der Waals surface area contributed by atoms with E-state index in [9.17, 15) is 0 Å². The first-order valence-corrected chi connectivity index (χ1v) is 13.5. The van der Waals surface area contributed by atoms with Gasteiger partial charge in [-0.2, -0.15) is 5.10 Å². The maximum absolute atomic E-state index is 4.94. The van der Waals surface area contributed by atoms with E-state index in [2.05, 4.69) is 103 Å².